The summed E-state index contributed by atoms with van der Waals surface area (Å²) in [6.45, 7) is 6.55. The number of rotatable bonds is 3. The van der Waals surface area contributed by atoms with Crippen molar-refractivity contribution < 1.29 is 14.3 Å². The molecule has 0 aliphatic carbocycles. The number of nitrogens with one attached hydrogen (secondary N) is 1. The van der Waals surface area contributed by atoms with Gasteiger partial charge in [-0.25, -0.2) is 20.6 Å². The number of piperidine rings is 1. The smallest absolute Gasteiger partial charge is 0.410 e. The largest absolute Gasteiger partial charge is 0.482 e. The maximum absolute atomic E-state index is 12.2. The predicted molar refractivity (Wildman–Crippen MR) is 86.3 cm³/mol. The Labute approximate surface area is 140 Å². The molecule has 1 unspecified atom stereocenters. The lowest BCUT2D eigenvalue weighted by atomic mass is 10.1. The summed E-state index contributed by atoms with van der Waals surface area (Å²) in [6.07, 6.45) is 2.30. The number of likely N-dealkylation sites (tertiary alicyclic amines) is 1. The first-order valence-corrected chi connectivity index (χ1v) is 7.79. The van der Waals surface area contributed by atoms with Crippen LogP contribution in [0, 0.1) is 0 Å². The minimum Gasteiger partial charge on any atom is -0.482 e. The Kier molecular flexibility index (Phi) is 5.48. The van der Waals surface area contributed by atoms with Crippen LogP contribution in [0.2, 0.25) is 5.15 Å². The first-order valence-electron chi connectivity index (χ1n) is 7.42. The molecule has 128 valence electrons. The van der Waals surface area contributed by atoms with E-state index in [0.29, 0.717) is 18.9 Å². The Morgan fingerprint density at radius 1 is 1.48 bits per heavy atom. The lowest BCUT2D eigenvalue weighted by Crippen LogP contribution is -2.46. The van der Waals surface area contributed by atoms with E-state index in [4.69, 9.17) is 26.9 Å². The highest BCUT2D eigenvalue weighted by molar-refractivity contribution is 6.31. The van der Waals surface area contributed by atoms with Gasteiger partial charge in [-0.2, -0.15) is 0 Å². The Morgan fingerprint density at radius 2 is 2.22 bits per heavy atom. The van der Waals surface area contributed by atoms with E-state index in [1.54, 1.807) is 4.90 Å². The minimum atomic E-state index is -0.530. The number of hydrogen-bond donors (Lipinski definition) is 2. The Bertz CT molecular complexity index is 564. The summed E-state index contributed by atoms with van der Waals surface area (Å²) >= 11 is 6.04. The molecule has 2 rings (SSSR count). The summed E-state index contributed by atoms with van der Waals surface area (Å²) in [5, 5.41) is 0.169. The molecule has 1 fully saturated rings. The van der Waals surface area contributed by atoms with Gasteiger partial charge in [-0.1, -0.05) is 11.6 Å². The van der Waals surface area contributed by atoms with Crippen LogP contribution in [0.4, 0.5) is 10.6 Å². The highest BCUT2D eigenvalue weighted by Crippen LogP contribution is 2.31. The topological polar surface area (TPSA) is 103 Å². The fourth-order valence-corrected chi connectivity index (χ4v) is 2.43. The summed E-state index contributed by atoms with van der Waals surface area (Å²) in [6, 6.07) is 0. The van der Waals surface area contributed by atoms with Crippen molar-refractivity contribution in [1.82, 2.24) is 14.9 Å². The number of aromatic nitrogens is 2. The van der Waals surface area contributed by atoms with Crippen molar-refractivity contribution in [1.29, 1.82) is 0 Å². The second kappa shape index (κ2) is 7.18. The number of amides is 1. The summed E-state index contributed by atoms with van der Waals surface area (Å²) < 4.78 is 11.3. The maximum atomic E-state index is 12.2. The molecule has 9 heteroatoms. The monoisotopic (exact) mass is 343 g/mol. The third-order valence-corrected chi connectivity index (χ3v) is 3.48. The molecule has 0 aromatic carbocycles. The number of carbonyl (C=O) groups is 1. The number of nitrogens with two attached hydrogens (primary N) is 1. The third-order valence-electron chi connectivity index (χ3n) is 3.21. The molecule has 8 nitrogen and oxygen atoms in total. The first-order chi connectivity index (χ1) is 10.8. The van der Waals surface area contributed by atoms with Gasteiger partial charge in [-0.05, 0) is 33.6 Å². The van der Waals surface area contributed by atoms with Crippen molar-refractivity contribution >= 4 is 23.5 Å². The molecule has 1 atom stereocenters. The van der Waals surface area contributed by atoms with Crippen LogP contribution in [0.3, 0.4) is 0 Å². The zero-order valence-electron chi connectivity index (χ0n) is 13.5. The van der Waals surface area contributed by atoms with Gasteiger partial charge in [0.25, 0.3) is 0 Å². The SMILES string of the molecule is CC(C)(C)OC(=O)N1CCCC(Oc2c(Cl)ncnc2NN)C1. The van der Waals surface area contributed by atoms with Gasteiger partial charge < -0.3 is 19.8 Å². The number of nitrogens with zero attached hydrogens (tertiary/aromatic N) is 3. The molecule has 0 bridgehead atoms. The second-order valence-electron chi connectivity index (χ2n) is 6.29. The second-order valence-corrected chi connectivity index (χ2v) is 6.65. The summed E-state index contributed by atoms with van der Waals surface area (Å²) in [7, 11) is 0. The number of hydrogen-bond acceptors (Lipinski definition) is 7. The van der Waals surface area contributed by atoms with Crippen LogP contribution in [0.25, 0.3) is 0 Å². The number of halogens is 1. The van der Waals surface area contributed by atoms with Crippen LogP contribution in [-0.2, 0) is 4.74 Å². The number of hydrazine groups is 1. The van der Waals surface area contributed by atoms with Gasteiger partial charge in [-0.3, -0.25) is 0 Å². The van der Waals surface area contributed by atoms with Crippen molar-refractivity contribution in [3.63, 3.8) is 0 Å². The number of ether oxygens (including phenoxy) is 2. The van der Waals surface area contributed by atoms with E-state index in [1.807, 2.05) is 20.8 Å². The first kappa shape index (κ1) is 17.6. The van der Waals surface area contributed by atoms with Crippen LogP contribution in [0.5, 0.6) is 5.75 Å². The number of carbonyl (C=O) groups excluding carboxylic acids is 1. The highest BCUT2D eigenvalue weighted by Gasteiger charge is 2.29. The molecular weight excluding hydrogens is 322 g/mol. The Hall–Kier alpha value is -1.80. The average molecular weight is 344 g/mol. The fraction of sp³-hybridized carbons (Fsp3) is 0.643. The standard InChI is InChI=1S/C14H22ClN5O3/c1-14(2,3)23-13(21)20-6-4-5-9(7-20)22-10-11(15)17-8-18-12(10)19-16/h8-9H,4-7,16H2,1-3H3,(H,17,18,19). The van der Waals surface area contributed by atoms with Crippen molar-refractivity contribution in [2.24, 2.45) is 5.84 Å². The zero-order chi connectivity index (χ0) is 17.0. The van der Waals surface area contributed by atoms with Gasteiger partial charge in [0.1, 0.15) is 18.0 Å². The zero-order valence-corrected chi connectivity index (χ0v) is 14.3. The third kappa shape index (κ3) is 4.84. The van der Waals surface area contributed by atoms with E-state index in [2.05, 4.69) is 15.4 Å². The lowest BCUT2D eigenvalue weighted by Gasteiger charge is -2.34. The lowest BCUT2D eigenvalue weighted by molar-refractivity contribution is 0.00780. The van der Waals surface area contributed by atoms with Crippen LogP contribution >= 0.6 is 11.6 Å². The molecule has 0 radical (unpaired) electrons. The van der Waals surface area contributed by atoms with Crippen LogP contribution < -0.4 is 16.0 Å². The van der Waals surface area contributed by atoms with Crippen LogP contribution in [0.1, 0.15) is 33.6 Å². The van der Waals surface area contributed by atoms with Gasteiger partial charge in [0.05, 0.1) is 6.54 Å². The van der Waals surface area contributed by atoms with E-state index in [-0.39, 0.29) is 23.1 Å². The molecule has 1 aliphatic heterocycles. The number of anilines is 1. The molecule has 0 spiro atoms. The van der Waals surface area contributed by atoms with Crippen molar-refractivity contribution in [2.45, 2.75) is 45.3 Å². The van der Waals surface area contributed by atoms with E-state index >= 15 is 0 Å². The van der Waals surface area contributed by atoms with E-state index in [9.17, 15) is 4.79 Å². The predicted octanol–water partition coefficient (Wildman–Crippen LogP) is 2.19. The molecule has 1 saturated heterocycles. The normalized spacial score (nSPS) is 18.5. The van der Waals surface area contributed by atoms with E-state index in [0.717, 1.165) is 12.8 Å². The van der Waals surface area contributed by atoms with Gasteiger partial charge in [0, 0.05) is 6.54 Å². The van der Waals surface area contributed by atoms with Gasteiger partial charge in [0.2, 0.25) is 5.75 Å². The number of nitrogen functional groups attached to an aromatic ring is 1. The summed E-state index contributed by atoms with van der Waals surface area (Å²) in [5.74, 6) is 6.00. The van der Waals surface area contributed by atoms with Crippen molar-refractivity contribution in [2.75, 3.05) is 18.5 Å². The van der Waals surface area contributed by atoms with Gasteiger partial charge >= 0.3 is 6.09 Å². The van der Waals surface area contributed by atoms with E-state index < -0.39 is 5.60 Å². The average Bonchev–Trinajstić information content (AvgIpc) is 2.48. The van der Waals surface area contributed by atoms with Crippen LogP contribution in [0.15, 0.2) is 6.33 Å². The minimum absolute atomic E-state index is 0.169. The molecule has 0 saturated carbocycles. The molecule has 1 aromatic heterocycles. The van der Waals surface area contributed by atoms with Gasteiger partial charge in [0.15, 0.2) is 11.0 Å². The quantitative estimate of drug-likeness (QED) is 0.492. The molecule has 3 N–H and O–H groups in total. The molecule has 23 heavy (non-hydrogen) atoms. The highest BCUT2D eigenvalue weighted by atomic mass is 35.5. The molecule has 2 heterocycles. The van der Waals surface area contributed by atoms with Gasteiger partial charge in [-0.15, -0.1) is 0 Å². The van der Waals surface area contributed by atoms with Crippen molar-refractivity contribution in [3.8, 4) is 5.75 Å². The summed E-state index contributed by atoms with van der Waals surface area (Å²) in [5.41, 5.74) is 1.90. The molecule has 1 aliphatic rings. The molecule has 1 aromatic rings. The fourth-order valence-electron chi connectivity index (χ4n) is 2.25. The van der Waals surface area contributed by atoms with Crippen molar-refractivity contribution in [3.05, 3.63) is 11.5 Å². The Morgan fingerprint density at radius 3 is 2.87 bits per heavy atom. The Balaban J connectivity index is 2.03. The van der Waals surface area contributed by atoms with Crippen LogP contribution in [-0.4, -0.2) is 45.8 Å². The summed E-state index contributed by atoms with van der Waals surface area (Å²) in [4.78, 5) is 21.6. The molecular formula is C14H22ClN5O3. The maximum Gasteiger partial charge on any atom is 0.410 e. The van der Waals surface area contributed by atoms with E-state index in [1.165, 1.54) is 6.33 Å². The molecule has 1 amide bonds.